The number of fused-ring (bicyclic) bond motifs is 1. The molecular formula is C12H22N2O2. The van der Waals surface area contributed by atoms with E-state index in [-0.39, 0.29) is 11.3 Å². The highest BCUT2D eigenvalue weighted by Gasteiger charge is 2.50. The maximum atomic E-state index is 11.8. The fourth-order valence-corrected chi connectivity index (χ4v) is 3.39. The van der Waals surface area contributed by atoms with Gasteiger partial charge in [0, 0.05) is 25.6 Å². The molecule has 0 unspecified atom stereocenters. The molecule has 0 spiro atoms. The SMILES string of the molecule is CNCC(=O)N1C[C@@H]2CCC[C@@]2(COC)C1. The summed E-state index contributed by atoms with van der Waals surface area (Å²) in [5, 5.41) is 2.93. The standard InChI is InChI=1S/C12H22N2O2/c1-13-6-11(15)14-7-10-4-3-5-12(10,8-14)9-16-2/h10,13H,3-9H2,1-2H3/t10-,12-/m0/s1. The summed E-state index contributed by atoms with van der Waals surface area (Å²) in [6.45, 7) is 3.09. The smallest absolute Gasteiger partial charge is 0.236 e. The summed E-state index contributed by atoms with van der Waals surface area (Å²) in [7, 11) is 3.59. The number of hydrogen-bond donors (Lipinski definition) is 1. The van der Waals surface area contributed by atoms with Crippen LogP contribution < -0.4 is 5.32 Å². The molecule has 0 radical (unpaired) electrons. The second-order valence-corrected chi connectivity index (χ2v) is 5.19. The number of likely N-dealkylation sites (N-methyl/N-ethyl adjacent to an activating group) is 1. The van der Waals surface area contributed by atoms with E-state index >= 15 is 0 Å². The van der Waals surface area contributed by atoms with E-state index < -0.39 is 0 Å². The van der Waals surface area contributed by atoms with Gasteiger partial charge in [-0.15, -0.1) is 0 Å². The largest absolute Gasteiger partial charge is 0.384 e. The molecule has 1 saturated heterocycles. The third-order valence-electron chi connectivity index (χ3n) is 4.15. The van der Waals surface area contributed by atoms with Crippen molar-refractivity contribution >= 4 is 5.91 Å². The first-order valence-corrected chi connectivity index (χ1v) is 6.13. The number of amides is 1. The van der Waals surface area contributed by atoms with Gasteiger partial charge >= 0.3 is 0 Å². The van der Waals surface area contributed by atoms with Crippen molar-refractivity contribution in [2.45, 2.75) is 19.3 Å². The molecule has 16 heavy (non-hydrogen) atoms. The first-order valence-electron chi connectivity index (χ1n) is 6.13. The molecule has 0 bridgehead atoms. The highest BCUT2D eigenvalue weighted by atomic mass is 16.5. The molecule has 4 heteroatoms. The zero-order chi connectivity index (χ0) is 11.6. The molecule has 1 amide bonds. The molecule has 1 aliphatic heterocycles. The summed E-state index contributed by atoms with van der Waals surface area (Å²) in [5.41, 5.74) is 0.262. The first-order chi connectivity index (χ1) is 7.72. The van der Waals surface area contributed by atoms with Gasteiger partial charge in [-0.2, -0.15) is 0 Å². The van der Waals surface area contributed by atoms with Crippen molar-refractivity contribution in [3.63, 3.8) is 0 Å². The van der Waals surface area contributed by atoms with Gasteiger partial charge in [-0.05, 0) is 25.8 Å². The quantitative estimate of drug-likeness (QED) is 0.758. The number of ether oxygens (including phenoxy) is 1. The number of nitrogens with one attached hydrogen (secondary N) is 1. The molecule has 2 aliphatic rings. The van der Waals surface area contributed by atoms with Crippen LogP contribution in [0.5, 0.6) is 0 Å². The Labute approximate surface area is 97.3 Å². The number of hydrogen-bond acceptors (Lipinski definition) is 3. The maximum Gasteiger partial charge on any atom is 0.236 e. The van der Waals surface area contributed by atoms with Gasteiger partial charge in [-0.25, -0.2) is 0 Å². The topological polar surface area (TPSA) is 41.6 Å². The predicted octanol–water partition coefficient (Wildman–Crippen LogP) is 0.481. The van der Waals surface area contributed by atoms with Crippen molar-refractivity contribution in [1.82, 2.24) is 10.2 Å². The Hall–Kier alpha value is -0.610. The molecule has 92 valence electrons. The van der Waals surface area contributed by atoms with E-state index in [0.29, 0.717) is 12.5 Å². The van der Waals surface area contributed by atoms with E-state index in [4.69, 9.17) is 4.74 Å². The molecule has 1 aliphatic carbocycles. The fourth-order valence-electron chi connectivity index (χ4n) is 3.39. The van der Waals surface area contributed by atoms with E-state index in [1.807, 2.05) is 11.9 Å². The summed E-state index contributed by atoms with van der Waals surface area (Å²) in [6.07, 6.45) is 3.77. The molecule has 0 aromatic rings. The van der Waals surface area contributed by atoms with Gasteiger partial charge in [-0.3, -0.25) is 4.79 Å². The minimum atomic E-state index is 0.229. The normalized spacial score (nSPS) is 33.1. The highest BCUT2D eigenvalue weighted by molar-refractivity contribution is 5.78. The number of nitrogens with zero attached hydrogens (tertiary/aromatic N) is 1. The lowest BCUT2D eigenvalue weighted by Gasteiger charge is -2.27. The van der Waals surface area contributed by atoms with Gasteiger partial charge in [0.05, 0.1) is 13.2 Å². The Kier molecular flexibility index (Phi) is 3.50. The zero-order valence-electron chi connectivity index (χ0n) is 10.3. The van der Waals surface area contributed by atoms with Gasteiger partial charge in [0.1, 0.15) is 0 Å². The summed E-state index contributed by atoms with van der Waals surface area (Å²) in [4.78, 5) is 13.9. The van der Waals surface area contributed by atoms with Crippen LogP contribution in [-0.2, 0) is 9.53 Å². The van der Waals surface area contributed by atoms with Crippen LogP contribution in [-0.4, -0.2) is 51.2 Å². The molecule has 0 aromatic carbocycles. The van der Waals surface area contributed by atoms with Gasteiger partial charge in [0.2, 0.25) is 5.91 Å². The minimum Gasteiger partial charge on any atom is -0.384 e. The van der Waals surface area contributed by atoms with Crippen LogP contribution in [0.4, 0.5) is 0 Å². The highest BCUT2D eigenvalue weighted by Crippen LogP contribution is 2.48. The van der Waals surface area contributed by atoms with Crippen molar-refractivity contribution in [2.24, 2.45) is 11.3 Å². The van der Waals surface area contributed by atoms with Crippen LogP contribution in [0.1, 0.15) is 19.3 Å². The van der Waals surface area contributed by atoms with E-state index in [0.717, 1.165) is 19.7 Å². The Morgan fingerprint density at radius 3 is 3.12 bits per heavy atom. The summed E-state index contributed by atoms with van der Waals surface area (Å²) < 4.78 is 5.36. The Bertz CT molecular complexity index is 270. The third-order valence-corrected chi connectivity index (χ3v) is 4.15. The number of rotatable bonds is 4. The molecule has 0 aromatic heterocycles. The molecule has 2 fully saturated rings. The van der Waals surface area contributed by atoms with Crippen molar-refractivity contribution in [1.29, 1.82) is 0 Å². The Morgan fingerprint density at radius 2 is 2.44 bits per heavy atom. The van der Waals surface area contributed by atoms with Crippen LogP contribution in [0.15, 0.2) is 0 Å². The van der Waals surface area contributed by atoms with Crippen LogP contribution in [0, 0.1) is 11.3 Å². The minimum absolute atomic E-state index is 0.229. The summed E-state index contributed by atoms with van der Waals surface area (Å²) in [5.74, 6) is 0.889. The lowest BCUT2D eigenvalue weighted by atomic mass is 9.82. The number of likely N-dealkylation sites (tertiary alicyclic amines) is 1. The van der Waals surface area contributed by atoms with Gasteiger partial charge < -0.3 is 15.0 Å². The third kappa shape index (κ3) is 1.96. The van der Waals surface area contributed by atoms with Gasteiger partial charge in [0.25, 0.3) is 0 Å². The van der Waals surface area contributed by atoms with Crippen molar-refractivity contribution in [3.05, 3.63) is 0 Å². The molecule has 1 saturated carbocycles. The van der Waals surface area contributed by atoms with Crippen LogP contribution in [0.25, 0.3) is 0 Å². The predicted molar refractivity (Wildman–Crippen MR) is 62.2 cm³/mol. The summed E-state index contributed by atoms with van der Waals surface area (Å²) in [6, 6.07) is 0. The van der Waals surface area contributed by atoms with E-state index in [1.165, 1.54) is 19.3 Å². The number of carbonyl (C=O) groups is 1. The van der Waals surface area contributed by atoms with Crippen LogP contribution >= 0.6 is 0 Å². The number of carbonyl (C=O) groups excluding carboxylic acids is 1. The zero-order valence-corrected chi connectivity index (χ0v) is 10.3. The van der Waals surface area contributed by atoms with Crippen molar-refractivity contribution in [2.75, 3.05) is 40.4 Å². The Morgan fingerprint density at radius 1 is 1.62 bits per heavy atom. The monoisotopic (exact) mass is 226 g/mol. The second kappa shape index (κ2) is 4.72. The van der Waals surface area contributed by atoms with Crippen LogP contribution in [0.2, 0.25) is 0 Å². The van der Waals surface area contributed by atoms with Crippen LogP contribution in [0.3, 0.4) is 0 Å². The lowest BCUT2D eigenvalue weighted by molar-refractivity contribution is -0.129. The summed E-state index contributed by atoms with van der Waals surface area (Å²) >= 11 is 0. The van der Waals surface area contributed by atoms with Crippen molar-refractivity contribution < 1.29 is 9.53 Å². The van der Waals surface area contributed by atoms with Gasteiger partial charge in [0.15, 0.2) is 0 Å². The molecule has 4 nitrogen and oxygen atoms in total. The number of methoxy groups -OCH3 is 1. The first kappa shape index (κ1) is 11.9. The van der Waals surface area contributed by atoms with E-state index in [1.54, 1.807) is 7.11 Å². The molecular weight excluding hydrogens is 204 g/mol. The van der Waals surface area contributed by atoms with E-state index in [2.05, 4.69) is 5.32 Å². The average Bonchev–Trinajstić information content (AvgIpc) is 2.74. The maximum absolute atomic E-state index is 11.8. The lowest BCUT2D eigenvalue weighted by Crippen LogP contribution is -2.38. The fraction of sp³-hybridized carbons (Fsp3) is 0.917. The molecule has 2 atom stereocenters. The van der Waals surface area contributed by atoms with Gasteiger partial charge in [-0.1, -0.05) is 6.42 Å². The average molecular weight is 226 g/mol. The molecule has 1 N–H and O–H groups in total. The Balaban J connectivity index is 2.01. The molecule has 1 heterocycles. The molecule has 2 rings (SSSR count). The second-order valence-electron chi connectivity index (χ2n) is 5.19. The van der Waals surface area contributed by atoms with Crippen molar-refractivity contribution in [3.8, 4) is 0 Å². The van der Waals surface area contributed by atoms with E-state index in [9.17, 15) is 4.79 Å².